The lowest BCUT2D eigenvalue weighted by atomic mass is 9.85. The number of amides is 1. The molecule has 4 heteroatoms. The third-order valence-corrected chi connectivity index (χ3v) is 4.22. The van der Waals surface area contributed by atoms with Gasteiger partial charge in [-0.1, -0.05) is 18.9 Å². The van der Waals surface area contributed by atoms with Gasteiger partial charge >= 0.3 is 0 Å². The van der Waals surface area contributed by atoms with E-state index in [1.807, 2.05) is 13.0 Å². The third-order valence-electron chi connectivity index (χ3n) is 3.82. The zero-order valence-corrected chi connectivity index (χ0v) is 11.9. The number of benzene rings is 1. The first-order valence-electron chi connectivity index (χ1n) is 6.78. The van der Waals surface area contributed by atoms with Crippen molar-refractivity contribution in [2.75, 3.05) is 5.88 Å². The number of rotatable bonds is 3. The molecule has 2 N–H and O–H groups in total. The molecule has 104 valence electrons. The first kappa shape index (κ1) is 14.2. The van der Waals surface area contributed by atoms with Crippen molar-refractivity contribution < 1.29 is 9.90 Å². The van der Waals surface area contributed by atoms with Crippen LogP contribution >= 0.6 is 11.6 Å². The minimum atomic E-state index is -0.209. The predicted octanol–water partition coefficient (Wildman–Crippen LogP) is 3.23. The van der Waals surface area contributed by atoms with Gasteiger partial charge in [0.15, 0.2) is 0 Å². The molecule has 1 aliphatic rings. The summed E-state index contributed by atoms with van der Waals surface area (Å²) >= 11 is 5.96. The van der Waals surface area contributed by atoms with Crippen LogP contribution in [0.5, 0.6) is 5.75 Å². The molecule has 0 saturated heterocycles. The Morgan fingerprint density at radius 1 is 1.42 bits per heavy atom. The second kappa shape index (κ2) is 6.29. The van der Waals surface area contributed by atoms with Crippen LogP contribution in [0.15, 0.2) is 18.2 Å². The van der Waals surface area contributed by atoms with E-state index in [-0.39, 0.29) is 17.7 Å². The van der Waals surface area contributed by atoms with Gasteiger partial charge in [0.25, 0.3) is 5.91 Å². The summed E-state index contributed by atoms with van der Waals surface area (Å²) in [5.41, 5.74) is 1.27. The van der Waals surface area contributed by atoms with Crippen LogP contribution in [0.2, 0.25) is 0 Å². The zero-order valence-electron chi connectivity index (χ0n) is 11.2. The number of nitrogens with one attached hydrogen (secondary N) is 1. The summed E-state index contributed by atoms with van der Waals surface area (Å²) in [7, 11) is 0. The van der Waals surface area contributed by atoms with Crippen LogP contribution in [0.3, 0.4) is 0 Å². The lowest BCUT2D eigenvalue weighted by molar-refractivity contribution is 0.0908. The molecule has 0 aliphatic heterocycles. The Bertz CT molecular complexity index is 461. The largest absolute Gasteiger partial charge is 0.507 e. The molecule has 2 atom stereocenters. The molecular weight excluding hydrogens is 262 g/mol. The van der Waals surface area contributed by atoms with Gasteiger partial charge in [0.05, 0.1) is 5.56 Å². The number of phenols is 1. The van der Waals surface area contributed by atoms with Crippen LogP contribution in [0.1, 0.15) is 41.6 Å². The van der Waals surface area contributed by atoms with E-state index in [2.05, 4.69) is 5.32 Å². The molecule has 1 fully saturated rings. The fraction of sp³-hybridized carbons (Fsp3) is 0.533. The molecule has 1 amide bonds. The smallest absolute Gasteiger partial charge is 0.255 e. The van der Waals surface area contributed by atoms with Crippen molar-refractivity contribution in [2.45, 2.75) is 38.6 Å². The fourth-order valence-electron chi connectivity index (χ4n) is 2.66. The number of alkyl halides is 1. The summed E-state index contributed by atoms with van der Waals surface area (Å²) < 4.78 is 0. The van der Waals surface area contributed by atoms with Gasteiger partial charge in [-0.05, 0) is 43.4 Å². The second-order valence-corrected chi connectivity index (χ2v) is 5.61. The van der Waals surface area contributed by atoms with E-state index in [1.54, 1.807) is 12.1 Å². The lowest BCUT2D eigenvalue weighted by Crippen LogP contribution is -2.42. The highest BCUT2D eigenvalue weighted by Crippen LogP contribution is 2.26. The first-order valence-corrected chi connectivity index (χ1v) is 7.31. The molecule has 1 saturated carbocycles. The summed E-state index contributed by atoms with van der Waals surface area (Å²) in [4.78, 5) is 12.2. The minimum Gasteiger partial charge on any atom is -0.507 e. The van der Waals surface area contributed by atoms with Crippen molar-refractivity contribution in [1.29, 1.82) is 0 Å². The standard InChI is InChI=1S/C15H20ClNO2/c1-10-6-7-12(14(18)8-10)15(19)17-13-5-3-2-4-11(13)9-16/h6-8,11,13,18H,2-5,9H2,1H3,(H,17,19). The third kappa shape index (κ3) is 3.41. The summed E-state index contributed by atoms with van der Waals surface area (Å²) in [5, 5.41) is 12.8. The molecular formula is C15H20ClNO2. The molecule has 19 heavy (non-hydrogen) atoms. The average molecular weight is 282 g/mol. The predicted molar refractivity (Wildman–Crippen MR) is 76.8 cm³/mol. The number of halogens is 1. The number of aryl methyl sites for hydroxylation is 1. The van der Waals surface area contributed by atoms with Crippen LogP contribution in [0, 0.1) is 12.8 Å². The molecule has 3 nitrogen and oxygen atoms in total. The van der Waals surface area contributed by atoms with Crippen LogP contribution < -0.4 is 5.32 Å². The van der Waals surface area contributed by atoms with E-state index in [0.29, 0.717) is 17.4 Å². The molecule has 0 heterocycles. The van der Waals surface area contributed by atoms with Crippen LogP contribution in [0.4, 0.5) is 0 Å². The Hall–Kier alpha value is -1.22. The lowest BCUT2D eigenvalue weighted by Gasteiger charge is -2.30. The Morgan fingerprint density at radius 3 is 2.84 bits per heavy atom. The van der Waals surface area contributed by atoms with Crippen LogP contribution in [-0.2, 0) is 0 Å². The molecule has 0 aromatic heterocycles. The van der Waals surface area contributed by atoms with Crippen molar-refractivity contribution >= 4 is 17.5 Å². The fourth-order valence-corrected chi connectivity index (χ4v) is 3.03. The Balaban J connectivity index is 2.07. The van der Waals surface area contributed by atoms with Crippen molar-refractivity contribution in [3.63, 3.8) is 0 Å². The molecule has 1 aliphatic carbocycles. The minimum absolute atomic E-state index is 0.0377. The van der Waals surface area contributed by atoms with Crippen molar-refractivity contribution in [3.8, 4) is 5.75 Å². The molecule has 1 aromatic carbocycles. The van der Waals surface area contributed by atoms with E-state index < -0.39 is 0 Å². The van der Waals surface area contributed by atoms with Gasteiger partial charge in [-0.15, -0.1) is 11.6 Å². The maximum absolute atomic E-state index is 12.2. The van der Waals surface area contributed by atoms with Gasteiger partial charge in [-0.25, -0.2) is 0 Å². The SMILES string of the molecule is Cc1ccc(C(=O)NC2CCCCC2CCl)c(O)c1. The quantitative estimate of drug-likeness (QED) is 0.836. The summed E-state index contributed by atoms with van der Waals surface area (Å²) in [6.45, 7) is 1.88. The van der Waals surface area contributed by atoms with Crippen LogP contribution in [0.25, 0.3) is 0 Å². The number of phenolic OH excluding ortho intramolecular Hbond substituents is 1. The van der Waals surface area contributed by atoms with Gasteiger partial charge in [0, 0.05) is 11.9 Å². The van der Waals surface area contributed by atoms with E-state index in [4.69, 9.17) is 11.6 Å². The molecule has 2 unspecified atom stereocenters. The van der Waals surface area contributed by atoms with Gasteiger partial charge in [0.1, 0.15) is 5.75 Å². The molecule has 0 radical (unpaired) electrons. The van der Waals surface area contributed by atoms with Crippen LogP contribution in [-0.4, -0.2) is 22.9 Å². The highest BCUT2D eigenvalue weighted by atomic mass is 35.5. The maximum atomic E-state index is 12.2. The van der Waals surface area contributed by atoms with Crippen molar-refractivity contribution in [2.24, 2.45) is 5.92 Å². The second-order valence-electron chi connectivity index (χ2n) is 5.30. The maximum Gasteiger partial charge on any atom is 0.255 e. The van der Waals surface area contributed by atoms with Gasteiger partial charge in [-0.3, -0.25) is 4.79 Å². The van der Waals surface area contributed by atoms with Crippen molar-refractivity contribution in [3.05, 3.63) is 29.3 Å². The van der Waals surface area contributed by atoms with E-state index in [0.717, 1.165) is 24.8 Å². The van der Waals surface area contributed by atoms with E-state index in [9.17, 15) is 9.90 Å². The van der Waals surface area contributed by atoms with Gasteiger partial charge in [-0.2, -0.15) is 0 Å². The normalized spacial score (nSPS) is 23.1. The summed E-state index contributed by atoms with van der Waals surface area (Å²) in [5.74, 6) is 0.743. The van der Waals surface area contributed by atoms with E-state index in [1.165, 1.54) is 6.42 Å². The molecule has 2 rings (SSSR count). The summed E-state index contributed by atoms with van der Waals surface area (Å²) in [6.07, 6.45) is 4.34. The number of carbonyl (C=O) groups is 1. The Morgan fingerprint density at radius 2 is 2.16 bits per heavy atom. The monoisotopic (exact) mass is 281 g/mol. The number of hydrogen-bond donors (Lipinski definition) is 2. The highest BCUT2D eigenvalue weighted by molar-refractivity contribution is 6.18. The number of carbonyl (C=O) groups excluding carboxylic acids is 1. The Labute approximate surface area is 119 Å². The average Bonchev–Trinajstić information content (AvgIpc) is 2.39. The van der Waals surface area contributed by atoms with Crippen molar-refractivity contribution in [1.82, 2.24) is 5.32 Å². The highest BCUT2D eigenvalue weighted by Gasteiger charge is 2.26. The summed E-state index contributed by atoms with van der Waals surface area (Å²) in [6, 6.07) is 5.22. The Kier molecular flexibility index (Phi) is 4.70. The molecule has 0 spiro atoms. The number of aromatic hydroxyl groups is 1. The van der Waals surface area contributed by atoms with Gasteiger partial charge in [0.2, 0.25) is 0 Å². The molecule has 1 aromatic rings. The number of hydrogen-bond acceptors (Lipinski definition) is 2. The topological polar surface area (TPSA) is 49.3 Å². The van der Waals surface area contributed by atoms with E-state index >= 15 is 0 Å². The van der Waals surface area contributed by atoms with Gasteiger partial charge < -0.3 is 10.4 Å². The first-order chi connectivity index (χ1) is 9.11. The zero-order chi connectivity index (χ0) is 13.8. The molecule has 0 bridgehead atoms.